The summed E-state index contributed by atoms with van der Waals surface area (Å²) in [5.74, 6) is 0. The Morgan fingerprint density at radius 1 is 1.12 bits per heavy atom. The minimum atomic E-state index is 0.0259. The van der Waals surface area contributed by atoms with Crippen LogP contribution in [0.2, 0.25) is 0 Å². The van der Waals surface area contributed by atoms with Gasteiger partial charge in [-0.15, -0.1) is 0 Å². The smallest absolute Gasteiger partial charge is 0.251 e. The summed E-state index contributed by atoms with van der Waals surface area (Å²) in [7, 11) is 0. The summed E-state index contributed by atoms with van der Waals surface area (Å²) < 4.78 is 2.77. The molecule has 1 aromatic carbocycles. The fraction of sp³-hybridized carbons (Fsp3) is 0.154. The molecule has 0 aliphatic carbocycles. The number of benzene rings is 1. The van der Waals surface area contributed by atoms with Gasteiger partial charge in [0.05, 0.1) is 6.04 Å². The lowest BCUT2D eigenvalue weighted by molar-refractivity contribution is 0.614. The summed E-state index contributed by atoms with van der Waals surface area (Å²) in [6, 6.07) is 13.3. The van der Waals surface area contributed by atoms with E-state index in [0.717, 1.165) is 10.0 Å². The Balaban J connectivity index is 2.39. The molecule has 0 radical (unpaired) electrons. The van der Waals surface area contributed by atoms with Crippen LogP contribution in [-0.4, -0.2) is 4.57 Å². The van der Waals surface area contributed by atoms with Crippen LogP contribution < -0.4 is 5.56 Å². The zero-order chi connectivity index (χ0) is 11.5. The minimum absolute atomic E-state index is 0.0259. The second kappa shape index (κ2) is 4.66. The molecule has 0 bridgehead atoms. The van der Waals surface area contributed by atoms with Crippen molar-refractivity contribution in [3.63, 3.8) is 0 Å². The van der Waals surface area contributed by atoms with Crippen LogP contribution in [0.15, 0.2) is 57.9 Å². The molecule has 0 N–H and O–H groups in total. The van der Waals surface area contributed by atoms with Gasteiger partial charge < -0.3 is 4.57 Å². The van der Waals surface area contributed by atoms with E-state index in [0.29, 0.717) is 0 Å². The lowest BCUT2D eigenvalue weighted by Gasteiger charge is -2.15. The average Bonchev–Trinajstić information content (AvgIpc) is 2.30. The summed E-state index contributed by atoms with van der Waals surface area (Å²) in [6.07, 6.45) is 1.81. The first-order chi connectivity index (χ1) is 7.68. The molecule has 1 unspecified atom stereocenters. The number of hydrogen-bond acceptors (Lipinski definition) is 1. The van der Waals surface area contributed by atoms with Gasteiger partial charge in [0.25, 0.3) is 5.56 Å². The summed E-state index contributed by atoms with van der Waals surface area (Å²) in [4.78, 5) is 11.7. The van der Waals surface area contributed by atoms with Crippen LogP contribution in [0.1, 0.15) is 18.5 Å². The summed E-state index contributed by atoms with van der Waals surface area (Å²) in [6.45, 7) is 2.02. The van der Waals surface area contributed by atoms with E-state index in [-0.39, 0.29) is 11.6 Å². The van der Waals surface area contributed by atoms with E-state index >= 15 is 0 Å². The topological polar surface area (TPSA) is 22.0 Å². The molecular weight excluding hydrogens is 266 g/mol. The normalized spacial score (nSPS) is 12.4. The summed E-state index contributed by atoms with van der Waals surface area (Å²) in [5, 5.41) is 0. The molecule has 0 spiro atoms. The van der Waals surface area contributed by atoms with Gasteiger partial charge >= 0.3 is 0 Å². The molecule has 0 saturated carbocycles. The van der Waals surface area contributed by atoms with Gasteiger partial charge in [-0.05, 0) is 30.7 Å². The molecule has 0 aliphatic rings. The van der Waals surface area contributed by atoms with Gasteiger partial charge in [-0.25, -0.2) is 0 Å². The van der Waals surface area contributed by atoms with Crippen molar-refractivity contribution in [1.82, 2.24) is 4.57 Å². The monoisotopic (exact) mass is 277 g/mol. The second-order valence-electron chi connectivity index (χ2n) is 3.67. The van der Waals surface area contributed by atoms with Crippen molar-refractivity contribution in [2.75, 3.05) is 0 Å². The van der Waals surface area contributed by atoms with E-state index in [1.807, 2.05) is 43.5 Å². The van der Waals surface area contributed by atoms with E-state index in [1.54, 1.807) is 16.7 Å². The highest BCUT2D eigenvalue weighted by molar-refractivity contribution is 9.10. The van der Waals surface area contributed by atoms with Crippen LogP contribution >= 0.6 is 15.9 Å². The number of pyridine rings is 1. The van der Waals surface area contributed by atoms with Crippen LogP contribution in [0.4, 0.5) is 0 Å². The van der Waals surface area contributed by atoms with Gasteiger partial charge in [0.15, 0.2) is 0 Å². The molecule has 0 aliphatic heterocycles. The zero-order valence-electron chi connectivity index (χ0n) is 8.93. The Kier molecular flexibility index (Phi) is 3.25. The molecule has 2 rings (SSSR count). The van der Waals surface area contributed by atoms with Gasteiger partial charge in [-0.3, -0.25) is 4.79 Å². The maximum atomic E-state index is 11.7. The molecule has 82 valence electrons. The minimum Gasteiger partial charge on any atom is -0.308 e. The highest BCUT2D eigenvalue weighted by atomic mass is 79.9. The molecule has 3 heteroatoms. The predicted octanol–water partition coefficient (Wildman–Crippen LogP) is 3.22. The predicted molar refractivity (Wildman–Crippen MR) is 68.7 cm³/mol. The molecular formula is C13H12BrNO. The zero-order valence-corrected chi connectivity index (χ0v) is 10.5. The van der Waals surface area contributed by atoms with Crippen molar-refractivity contribution in [2.24, 2.45) is 0 Å². The number of hydrogen-bond donors (Lipinski definition) is 0. The molecule has 2 nitrogen and oxygen atoms in total. The molecule has 0 amide bonds. The Hall–Kier alpha value is -1.35. The van der Waals surface area contributed by atoms with Crippen LogP contribution in [-0.2, 0) is 0 Å². The van der Waals surface area contributed by atoms with Gasteiger partial charge in [-0.2, -0.15) is 0 Å². The lowest BCUT2D eigenvalue weighted by atomic mass is 10.1. The first kappa shape index (κ1) is 11.1. The molecule has 16 heavy (non-hydrogen) atoms. The summed E-state index contributed by atoms with van der Waals surface area (Å²) >= 11 is 3.40. The van der Waals surface area contributed by atoms with E-state index < -0.39 is 0 Å². The van der Waals surface area contributed by atoms with Crippen LogP contribution in [0, 0.1) is 0 Å². The number of rotatable bonds is 2. The first-order valence-electron chi connectivity index (χ1n) is 5.11. The van der Waals surface area contributed by atoms with E-state index in [9.17, 15) is 4.79 Å². The van der Waals surface area contributed by atoms with Crippen LogP contribution in [0.3, 0.4) is 0 Å². The van der Waals surface area contributed by atoms with Crippen molar-refractivity contribution in [3.8, 4) is 0 Å². The number of halogens is 1. The molecule has 2 aromatic rings. The van der Waals surface area contributed by atoms with E-state index in [1.165, 1.54) is 0 Å². The van der Waals surface area contributed by atoms with E-state index in [4.69, 9.17) is 0 Å². The Labute approximate surface area is 103 Å². The van der Waals surface area contributed by atoms with Crippen LogP contribution in [0.25, 0.3) is 0 Å². The SMILES string of the molecule is CC(c1ccc(Br)cc1)n1ccccc1=O. The highest BCUT2D eigenvalue weighted by Crippen LogP contribution is 2.18. The molecule has 1 atom stereocenters. The third kappa shape index (κ3) is 2.25. The maximum absolute atomic E-state index is 11.7. The van der Waals surface area contributed by atoms with Crippen molar-refractivity contribution in [2.45, 2.75) is 13.0 Å². The largest absolute Gasteiger partial charge is 0.308 e. The Morgan fingerprint density at radius 2 is 1.81 bits per heavy atom. The first-order valence-corrected chi connectivity index (χ1v) is 5.90. The third-order valence-electron chi connectivity index (χ3n) is 2.62. The lowest BCUT2D eigenvalue weighted by Crippen LogP contribution is -2.21. The van der Waals surface area contributed by atoms with Crippen LogP contribution in [0.5, 0.6) is 0 Å². The molecule has 1 heterocycles. The molecule has 0 fully saturated rings. The quantitative estimate of drug-likeness (QED) is 0.826. The van der Waals surface area contributed by atoms with Gasteiger partial charge in [0.1, 0.15) is 0 Å². The Morgan fingerprint density at radius 3 is 2.44 bits per heavy atom. The fourth-order valence-corrected chi connectivity index (χ4v) is 1.93. The van der Waals surface area contributed by atoms with E-state index in [2.05, 4.69) is 15.9 Å². The van der Waals surface area contributed by atoms with Gasteiger partial charge in [-0.1, -0.05) is 34.1 Å². The fourth-order valence-electron chi connectivity index (χ4n) is 1.66. The average molecular weight is 278 g/mol. The van der Waals surface area contributed by atoms with Gasteiger partial charge in [0.2, 0.25) is 0 Å². The highest BCUT2D eigenvalue weighted by Gasteiger charge is 2.07. The maximum Gasteiger partial charge on any atom is 0.251 e. The Bertz CT molecular complexity index is 530. The standard InChI is InChI=1S/C13H12BrNO/c1-10(11-5-7-12(14)8-6-11)15-9-3-2-4-13(15)16/h2-10H,1H3. The molecule has 1 aromatic heterocycles. The second-order valence-corrected chi connectivity index (χ2v) is 4.59. The van der Waals surface area contributed by atoms with Crippen molar-refractivity contribution < 1.29 is 0 Å². The molecule has 0 saturated heterocycles. The van der Waals surface area contributed by atoms with Gasteiger partial charge in [0, 0.05) is 16.7 Å². The van der Waals surface area contributed by atoms with Crippen molar-refractivity contribution in [3.05, 3.63) is 69.1 Å². The number of nitrogens with zero attached hydrogens (tertiary/aromatic N) is 1. The number of aromatic nitrogens is 1. The summed E-state index contributed by atoms with van der Waals surface area (Å²) in [5.41, 5.74) is 1.15. The van der Waals surface area contributed by atoms with Crippen molar-refractivity contribution in [1.29, 1.82) is 0 Å². The third-order valence-corrected chi connectivity index (χ3v) is 3.15. The van der Waals surface area contributed by atoms with Crippen molar-refractivity contribution >= 4 is 15.9 Å².